The van der Waals surface area contributed by atoms with Crippen LogP contribution in [-0.4, -0.2) is 53.5 Å². The van der Waals surface area contributed by atoms with Crippen LogP contribution in [0.3, 0.4) is 0 Å². The van der Waals surface area contributed by atoms with Crippen molar-refractivity contribution >= 4 is 27.3 Å². The van der Waals surface area contributed by atoms with E-state index in [0.29, 0.717) is 41.6 Å². The van der Waals surface area contributed by atoms with Gasteiger partial charge in [0, 0.05) is 48.4 Å². The maximum atomic E-state index is 13.9. The molecule has 10 heteroatoms. The molecule has 0 N–H and O–H groups in total. The normalized spacial score (nSPS) is 16.0. The molecule has 2 aliphatic rings. The maximum absolute atomic E-state index is 13.9. The molecule has 1 fully saturated rings. The number of rotatable bonds is 8. The van der Waals surface area contributed by atoms with Gasteiger partial charge in [0.15, 0.2) is 11.5 Å². The molecule has 2 heterocycles. The number of anilines is 1. The molecule has 0 saturated carbocycles. The van der Waals surface area contributed by atoms with E-state index >= 15 is 0 Å². The minimum atomic E-state index is -3.86. The first-order valence-corrected chi connectivity index (χ1v) is 13.8. The number of ether oxygens (including phenoxy) is 4. The number of piperidine rings is 1. The molecule has 0 amide bonds. The van der Waals surface area contributed by atoms with Crippen LogP contribution in [-0.2, 0) is 16.6 Å². The van der Waals surface area contributed by atoms with Gasteiger partial charge in [-0.2, -0.15) is 0 Å². The summed E-state index contributed by atoms with van der Waals surface area (Å²) in [5, 5.41) is 0.482. The summed E-state index contributed by atoms with van der Waals surface area (Å²) in [4.78, 5) is 2.51. The summed E-state index contributed by atoms with van der Waals surface area (Å²) in [7, 11) is -0.580. The lowest BCUT2D eigenvalue weighted by Gasteiger charge is -2.39. The lowest BCUT2D eigenvalue weighted by Crippen LogP contribution is -2.47. The number of hydrogen-bond donors (Lipinski definition) is 0. The van der Waals surface area contributed by atoms with Crippen molar-refractivity contribution in [1.82, 2.24) is 4.90 Å². The summed E-state index contributed by atoms with van der Waals surface area (Å²) in [6, 6.07) is 17.1. The largest absolute Gasteiger partial charge is 0.497 e. The van der Waals surface area contributed by atoms with Crippen molar-refractivity contribution in [3.05, 3.63) is 71.2 Å². The summed E-state index contributed by atoms with van der Waals surface area (Å²) >= 11 is 6.03. The Balaban J connectivity index is 1.39. The molecule has 5 rings (SSSR count). The van der Waals surface area contributed by atoms with Crippen LogP contribution in [0.1, 0.15) is 18.4 Å². The van der Waals surface area contributed by atoms with Crippen LogP contribution in [0.15, 0.2) is 65.6 Å². The lowest BCUT2D eigenvalue weighted by atomic mass is 10.0. The highest BCUT2D eigenvalue weighted by molar-refractivity contribution is 7.92. The number of hydrogen-bond acceptors (Lipinski definition) is 7. The van der Waals surface area contributed by atoms with E-state index in [1.807, 2.05) is 18.2 Å². The molecule has 0 atom stereocenters. The number of likely N-dealkylation sites (tertiary alicyclic amines) is 1. The average Bonchev–Trinajstić information content (AvgIpc) is 3.38. The Morgan fingerprint density at radius 3 is 2.38 bits per heavy atom. The topological polar surface area (TPSA) is 77.5 Å². The van der Waals surface area contributed by atoms with Crippen molar-refractivity contribution in [3.8, 4) is 23.0 Å². The molecule has 0 spiro atoms. The van der Waals surface area contributed by atoms with Gasteiger partial charge in [0.25, 0.3) is 10.0 Å². The minimum Gasteiger partial charge on any atom is -0.497 e. The SMILES string of the molecule is COc1ccc(CN2CCC(N(c3ccc4c(c3)OCO4)S(=O)(=O)c3ccc(Cl)cc3)CC2)c(OC)c1. The summed E-state index contributed by atoms with van der Waals surface area (Å²) in [6.45, 7) is 2.29. The molecule has 1 saturated heterocycles. The number of halogens is 1. The predicted molar refractivity (Wildman–Crippen MR) is 142 cm³/mol. The van der Waals surface area contributed by atoms with Crippen molar-refractivity contribution in [2.24, 2.45) is 0 Å². The molecule has 0 aliphatic carbocycles. The van der Waals surface area contributed by atoms with E-state index in [-0.39, 0.29) is 17.7 Å². The van der Waals surface area contributed by atoms with Crippen LogP contribution in [0, 0.1) is 0 Å². The fraction of sp³-hybridized carbons (Fsp3) is 0.333. The van der Waals surface area contributed by atoms with Gasteiger partial charge in [0.1, 0.15) is 11.5 Å². The van der Waals surface area contributed by atoms with Gasteiger partial charge in [0.2, 0.25) is 6.79 Å². The van der Waals surface area contributed by atoms with Gasteiger partial charge in [0.05, 0.1) is 24.8 Å². The second kappa shape index (κ2) is 10.7. The van der Waals surface area contributed by atoms with Crippen molar-refractivity contribution in [2.75, 3.05) is 38.4 Å². The zero-order valence-corrected chi connectivity index (χ0v) is 22.3. The Hall–Kier alpha value is -3.14. The predicted octanol–water partition coefficient (Wildman–Crippen LogP) is 4.95. The molecule has 37 heavy (non-hydrogen) atoms. The van der Waals surface area contributed by atoms with E-state index in [1.165, 1.54) is 4.31 Å². The summed E-state index contributed by atoms with van der Waals surface area (Å²) < 4.78 is 51.2. The molecule has 3 aromatic carbocycles. The zero-order chi connectivity index (χ0) is 26.0. The monoisotopic (exact) mass is 544 g/mol. The highest BCUT2D eigenvalue weighted by atomic mass is 35.5. The second-order valence-corrected chi connectivity index (χ2v) is 11.2. The molecule has 0 bridgehead atoms. The third-order valence-corrected chi connectivity index (χ3v) is 8.90. The van der Waals surface area contributed by atoms with Crippen LogP contribution < -0.4 is 23.3 Å². The molecular weight excluding hydrogens is 516 g/mol. The number of sulfonamides is 1. The van der Waals surface area contributed by atoms with E-state index in [2.05, 4.69) is 4.90 Å². The van der Waals surface area contributed by atoms with Gasteiger partial charge >= 0.3 is 0 Å². The summed E-state index contributed by atoms with van der Waals surface area (Å²) in [5.74, 6) is 2.66. The fourth-order valence-electron chi connectivity index (χ4n) is 4.82. The Morgan fingerprint density at radius 1 is 0.946 bits per heavy atom. The van der Waals surface area contributed by atoms with Gasteiger partial charge in [-0.15, -0.1) is 0 Å². The maximum Gasteiger partial charge on any atom is 0.264 e. The van der Waals surface area contributed by atoms with E-state index < -0.39 is 10.0 Å². The summed E-state index contributed by atoms with van der Waals surface area (Å²) in [5.41, 5.74) is 1.61. The number of nitrogens with zero attached hydrogens (tertiary/aromatic N) is 2. The first-order valence-electron chi connectivity index (χ1n) is 12.0. The van der Waals surface area contributed by atoms with E-state index in [0.717, 1.165) is 30.2 Å². The number of methoxy groups -OCH3 is 2. The van der Waals surface area contributed by atoms with Crippen LogP contribution in [0.5, 0.6) is 23.0 Å². The Kier molecular flexibility index (Phi) is 7.37. The molecule has 0 radical (unpaired) electrons. The average molecular weight is 545 g/mol. The highest BCUT2D eigenvalue weighted by Crippen LogP contribution is 2.39. The third kappa shape index (κ3) is 5.30. The zero-order valence-electron chi connectivity index (χ0n) is 20.7. The van der Waals surface area contributed by atoms with Crippen molar-refractivity contribution in [1.29, 1.82) is 0 Å². The number of fused-ring (bicyclic) bond motifs is 1. The molecule has 8 nitrogen and oxygen atoms in total. The highest BCUT2D eigenvalue weighted by Gasteiger charge is 2.35. The van der Waals surface area contributed by atoms with Crippen molar-refractivity contribution < 1.29 is 27.4 Å². The molecule has 0 unspecified atom stereocenters. The quantitative estimate of drug-likeness (QED) is 0.397. The molecule has 3 aromatic rings. The standard InChI is InChI=1S/C27H29ClN2O6S/c1-33-23-7-3-19(26(16-23)34-2)17-29-13-11-21(12-14-29)30(22-6-10-25-27(15-22)36-18-35-25)37(31,32)24-8-4-20(28)5-9-24/h3-10,15-16,21H,11-14,17-18H2,1-2H3. The molecule has 0 aromatic heterocycles. The molecule has 2 aliphatic heterocycles. The molecular formula is C27H29ClN2O6S. The first-order chi connectivity index (χ1) is 17.9. The smallest absolute Gasteiger partial charge is 0.264 e. The second-order valence-electron chi connectivity index (χ2n) is 8.98. The Bertz CT molecular complexity index is 1360. The van der Waals surface area contributed by atoms with Crippen LogP contribution in [0.25, 0.3) is 0 Å². The van der Waals surface area contributed by atoms with E-state index in [9.17, 15) is 8.42 Å². The molecule has 196 valence electrons. The van der Waals surface area contributed by atoms with Crippen molar-refractivity contribution in [2.45, 2.75) is 30.3 Å². The van der Waals surface area contributed by atoms with Gasteiger partial charge in [-0.3, -0.25) is 9.21 Å². The summed E-state index contributed by atoms with van der Waals surface area (Å²) in [6.07, 6.45) is 1.33. The minimum absolute atomic E-state index is 0.121. The van der Waals surface area contributed by atoms with Gasteiger partial charge < -0.3 is 18.9 Å². The van der Waals surface area contributed by atoms with Crippen LogP contribution >= 0.6 is 11.6 Å². The number of benzene rings is 3. The fourth-order valence-corrected chi connectivity index (χ4v) is 6.65. The van der Waals surface area contributed by atoms with Gasteiger partial charge in [-0.25, -0.2) is 8.42 Å². The van der Waals surface area contributed by atoms with Gasteiger partial charge in [-0.05, 0) is 55.3 Å². The van der Waals surface area contributed by atoms with E-state index in [1.54, 1.807) is 56.7 Å². The van der Waals surface area contributed by atoms with Gasteiger partial charge in [-0.1, -0.05) is 17.7 Å². The van der Waals surface area contributed by atoms with Crippen molar-refractivity contribution in [3.63, 3.8) is 0 Å². The van der Waals surface area contributed by atoms with E-state index in [4.69, 9.17) is 30.5 Å². The first kappa shape index (κ1) is 25.5. The Labute approximate surface area is 222 Å². The Morgan fingerprint density at radius 2 is 1.68 bits per heavy atom. The lowest BCUT2D eigenvalue weighted by molar-refractivity contribution is 0.174. The van der Waals surface area contributed by atoms with Crippen LogP contribution in [0.2, 0.25) is 5.02 Å². The third-order valence-electron chi connectivity index (χ3n) is 6.76. The van der Waals surface area contributed by atoms with Crippen LogP contribution in [0.4, 0.5) is 5.69 Å².